The summed E-state index contributed by atoms with van der Waals surface area (Å²) in [4.78, 5) is 11.8. The fourth-order valence-corrected chi connectivity index (χ4v) is 3.98. The van der Waals surface area contributed by atoms with Gasteiger partial charge in [-0.25, -0.2) is 0 Å². The summed E-state index contributed by atoms with van der Waals surface area (Å²) in [6.07, 6.45) is 8.22. The summed E-state index contributed by atoms with van der Waals surface area (Å²) >= 11 is 0. The summed E-state index contributed by atoms with van der Waals surface area (Å²) < 4.78 is 0. The molecule has 0 amide bonds. The second-order valence-electron chi connectivity index (χ2n) is 6.09. The van der Waals surface area contributed by atoms with Gasteiger partial charge in [0.2, 0.25) is 0 Å². The van der Waals surface area contributed by atoms with Crippen LogP contribution in [0.25, 0.3) is 0 Å². The summed E-state index contributed by atoms with van der Waals surface area (Å²) in [5, 5.41) is 0. The van der Waals surface area contributed by atoms with Crippen LogP contribution in [0.5, 0.6) is 0 Å². The fourth-order valence-electron chi connectivity index (χ4n) is 3.98. The molecule has 0 saturated carbocycles. The SMILES string of the molecule is CC[C@]12CCC(=O)C=C1CCCc1cc(C)ccc12. The number of rotatable bonds is 1. The van der Waals surface area contributed by atoms with Crippen molar-refractivity contribution in [3.05, 3.63) is 46.5 Å². The number of fused-ring (bicyclic) bond motifs is 3. The van der Waals surface area contributed by atoms with E-state index in [1.807, 2.05) is 6.08 Å². The van der Waals surface area contributed by atoms with Crippen LogP contribution in [0.15, 0.2) is 29.8 Å². The Kier molecular flexibility index (Phi) is 3.08. The number of hydrogen-bond donors (Lipinski definition) is 0. The number of ketones is 1. The summed E-state index contributed by atoms with van der Waals surface area (Å²) in [6.45, 7) is 4.45. The van der Waals surface area contributed by atoms with E-state index >= 15 is 0 Å². The highest BCUT2D eigenvalue weighted by atomic mass is 16.1. The van der Waals surface area contributed by atoms with Crippen LogP contribution in [0, 0.1) is 6.92 Å². The highest BCUT2D eigenvalue weighted by molar-refractivity contribution is 5.92. The van der Waals surface area contributed by atoms with Gasteiger partial charge in [0.1, 0.15) is 0 Å². The van der Waals surface area contributed by atoms with Gasteiger partial charge in [0.15, 0.2) is 5.78 Å². The standard InChI is InChI=1S/C18H22O/c1-3-18-10-9-16(19)12-15(18)6-4-5-14-11-13(2)7-8-17(14)18/h7-8,11-12H,3-6,9-10H2,1-2H3/t18-/m0/s1. The molecule has 1 nitrogen and oxygen atoms in total. The Morgan fingerprint density at radius 3 is 2.84 bits per heavy atom. The van der Waals surface area contributed by atoms with Crippen molar-refractivity contribution < 1.29 is 4.79 Å². The molecule has 0 heterocycles. The Morgan fingerprint density at radius 1 is 1.21 bits per heavy atom. The normalized spacial score (nSPS) is 26.2. The van der Waals surface area contributed by atoms with Crippen molar-refractivity contribution in [2.24, 2.45) is 0 Å². The van der Waals surface area contributed by atoms with Crippen molar-refractivity contribution in [3.63, 3.8) is 0 Å². The molecule has 0 bridgehead atoms. The van der Waals surface area contributed by atoms with Gasteiger partial charge in [0.05, 0.1) is 0 Å². The molecule has 0 radical (unpaired) electrons. The molecule has 0 fully saturated rings. The third-order valence-electron chi connectivity index (χ3n) is 5.02. The minimum absolute atomic E-state index is 0.146. The number of allylic oxidation sites excluding steroid dienone is 2. The second-order valence-corrected chi connectivity index (χ2v) is 6.09. The predicted molar refractivity (Wildman–Crippen MR) is 78.4 cm³/mol. The Hall–Kier alpha value is -1.37. The van der Waals surface area contributed by atoms with Gasteiger partial charge in [-0.2, -0.15) is 0 Å². The minimum atomic E-state index is 0.146. The molecule has 0 aromatic heterocycles. The van der Waals surface area contributed by atoms with Crippen molar-refractivity contribution >= 4 is 5.78 Å². The first-order valence-electron chi connectivity index (χ1n) is 7.49. The van der Waals surface area contributed by atoms with Crippen molar-refractivity contribution in [2.45, 2.75) is 57.8 Å². The number of carbonyl (C=O) groups excluding carboxylic acids is 1. The topological polar surface area (TPSA) is 17.1 Å². The summed E-state index contributed by atoms with van der Waals surface area (Å²) in [5.74, 6) is 0.328. The molecule has 0 spiro atoms. The maximum absolute atomic E-state index is 11.8. The Labute approximate surface area is 115 Å². The van der Waals surface area contributed by atoms with Crippen LogP contribution in [-0.4, -0.2) is 5.78 Å². The predicted octanol–water partition coefficient (Wildman–Crippen LogP) is 4.27. The van der Waals surface area contributed by atoms with Gasteiger partial charge in [0, 0.05) is 11.8 Å². The molecule has 1 aromatic carbocycles. The molecule has 1 aromatic rings. The molecular formula is C18H22O. The highest BCUT2D eigenvalue weighted by Gasteiger charge is 2.39. The van der Waals surface area contributed by atoms with Gasteiger partial charge >= 0.3 is 0 Å². The van der Waals surface area contributed by atoms with Crippen LogP contribution in [0.2, 0.25) is 0 Å². The Bertz CT molecular complexity index is 553. The second kappa shape index (κ2) is 4.63. The largest absolute Gasteiger partial charge is 0.295 e. The quantitative estimate of drug-likeness (QED) is 0.731. The molecule has 1 heteroatoms. The van der Waals surface area contributed by atoms with Crippen LogP contribution in [0.1, 0.15) is 55.7 Å². The lowest BCUT2D eigenvalue weighted by Gasteiger charge is -2.38. The molecule has 1 atom stereocenters. The van der Waals surface area contributed by atoms with Crippen LogP contribution in [0.3, 0.4) is 0 Å². The van der Waals surface area contributed by atoms with E-state index in [2.05, 4.69) is 32.0 Å². The first kappa shape index (κ1) is 12.7. The zero-order chi connectivity index (χ0) is 13.5. The van der Waals surface area contributed by atoms with E-state index in [1.165, 1.54) is 28.7 Å². The van der Waals surface area contributed by atoms with Crippen molar-refractivity contribution in [2.75, 3.05) is 0 Å². The van der Waals surface area contributed by atoms with E-state index in [-0.39, 0.29) is 5.41 Å². The molecule has 0 aliphatic heterocycles. The number of aryl methyl sites for hydroxylation is 2. The zero-order valence-corrected chi connectivity index (χ0v) is 12.0. The van der Waals surface area contributed by atoms with E-state index in [9.17, 15) is 4.79 Å². The lowest BCUT2D eigenvalue weighted by molar-refractivity contribution is -0.115. The Balaban J connectivity index is 2.21. The molecular weight excluding hydrogens is 232 g/mol. The van der Waals surface area contributed by atoms with Gasteiger partial charge < -0.3 is 0 Å². The molecule has 19 heavy (non-hydrogen) atoms. The van der Waals surface area contributed by atoms with Gasteiger partial charge in [-0.15, -0.1) is 0 Å². The van der Waals surface area contributed by atoms with Crippen LogP contribution in [0.4, 0.5) is 0 Å². The maximum atomic E-state index is 11.8. The lowest BCUT2D eigenvalue weighted by Crippen LogP contribution is -2.32. The van der Waals surface area contributed by atoms with Gasteiger partial charge in [-0.05, 0) is 56.2 Å². The molecule has 0 saturated heterocycles. The molecule has 0 N–H and O–H groups in total. The molecule has 0 unspecified atom stereocenters. The maximum Gasteiger partial charge on any atom is 0.155 e. The summed E-state index contributed by atoms with van der Waals surface area (Å²) in [6, 6.07) is 6.91. The van der Waals surface area contributed by atoms with E-state index < -0.39 is 0 Å². The highest BCUT2D eigenvalue weighted by Crippen LogP contribution is 2.48. The molecule has 100 valence electrons. The van der Waals surface area contributed by atoms with Crippen LogP contribution < -0.4 is 0 Å². The third-order valence-corrected chi connectivity index (χ3v) is 5.02. The smallest absolute Gasteiger partial charge is 0.155 e. The van der Waals surface area contributed by atoms with Gasteiger partial charge in [-0.1, -0.05) is 36.3 Å². The number of hydrogen-bond acceptors (Lipinski definition) is 1. The first-order valence-corrected chi connectivity index (χ1v) is 7.49. The van der Waals surface area contributed by atoms with Crippen molar-refractivity contribution in [3.8, 4) is 0 Å². The van der Waals surface area contributed by atoms with Gasteiger partial charge in [-0.3, -0.25) is 4.79 Å². The lowest BCUT2D eigenvalue weighted by atomic mass is 9.65. The fraction of sp³-hybridized carbons (Fsp3) is 0.500. The van der Waals surface area contributed by atoms with E-state index in [4.69, 9.17) is 0 Å². The molecule has 2 aliphatic rings. The van der Waals surface area contributed by atoms with Crippen molar-refractivity contribution in [1.29, 1.82) is 0 Å². The van der Waals surface area contributed by atoms with E-state index in [0.29, 0.717) is 12.2 Å². The number of carbonyl (C=O) groups is 1. The summed E-state index contributed by atoms with van der Waals surface area (Å²) in [5.41, 5.74) is 5.91. The third kappa shape index (κ3) is 1.96. The average molecular weight is 254 g/mol. The van der Waals surface area contributed by atoms with E-state index in [1.54, 1.807) is 0 Å². The van der Waals surface area contributed by atoms with Crippen LogP contribution >= 0.6 is 0 Å². The minimum Gasteiger partial charge on any atom is -0.295 e. The number of benzene rings is 1. The van der Waals surface area contributed by atoms with Crippen LogP contribution in [-0.2, 0) is 16.6 Å². The zero-order valence-electron chi connectivity index (χ0n) is 12.0. The monoisotopic (exact) mass is 254 g/mol. The Morgan fingerprint density at radius 2 is 2.05 bits per heavy atom. The van der Waals surface area contributed by atoms with Gasteiger partial charge in [0.25, 0.3) is 0 Å². The molecule has 3 rings (SSSR count). The summed E-state index contributed by atoms with van der Waals surface area (Å²) in [7, 11) is 0. The first-order chi connectivity index (χ1) is 9.15. The van der Waals surface area contributed by atoms with E-state index in [0.717, 1.165) is 25.7 Å². The molecule has 2 aliphatic carbocycles. The van der Waals surface area contributed by atoms with Crippen molar-refractivity contribution in [1.82, 2.24) is 0 Å². The average Bonchev–Trinajstić information content (AvgIpc) is 2.55.